The molecule has 0 spiro atoms. The minimum absolute atomic E-state index is 0.0942. The number of hydrogen-bond acceptors (Lipinski definition) is 4. The second kappa shape index (κ2) is 5.92. The molecular formula is C13H12FNO3. The fraction of sp³-hybridized carbons (Fsp3) is 0.308. The monoisotopic (exact) mass is 249 g/mol. The molecule has 94 valence electrons. The molecule has 5 heteroatoms. The number of methoxy groups -OCH3 is 1. The SMILES string of the molecule is COC(=O)C(Cc1ccc(F)c(C#N)c1)C(C)=O. The van der Waals surface area contributed by atoms with Gasteiger partial charge in [0.25, 0.3) is 0 Å². The van der Waals surface area contributed by atoms with Gasteiger partial charge >= 0.3 is 5.97 Å². The van der Waals surface area contributed by atoms with Crippen LogP contribution in [-0.2, 0) is 20.7 Å². The lowest BCUT2D eigenvalue weighted by Gasteiger charge is -2.11. The Morgan fingerprint density at radius 1 is 1.50 bits per heavy atom. The number of nitriles is 1. The summed E-state index contributed by atoms with van der Waals surface area (Å²) in [5.74, 6) is -2.51. The number of carbonyl (C=O) groups excluding carboxylic acids is 2. The summed E-state index contributed by atoms with van der Waals surface area (Å²) < 4.78 is 17.6. The second-order valence-electron chi connectivity index (χ2n) is 3.82. The Labute approximate surface area is 104 Å². The van der Waals surface area contributed by atoms with E-state index in [1.807, 2.05) is 0 Å². The third kappa shape index (κ3) is 3.14. The van der Waals surface area contributed by atoms with Crippen molar-refractivity contribution in [1.82, 2.24) is 0 Å². The number of ketones is 1. The fourth-order valence-electron chi connectivity index (χ4n) is 1.56. The Kier molecular flexibility index (Phi) is 4.55. The highest BCUT2D eigenvalue weighted by atomic mass is 19.1. The normalized spacial score (nSPS) is 11.4. The Morgan fingerprint density at radius 3 is 2.67 bits per heavy atom. The highest BCUT2D eigenvalue weighted by Crippen LogP contribution is 2.15. The topological polar surface area (TPSA) is 67.2 Å². The van der Waals surface area contributed by atoms with Gasteiger partial charge in [-0.1, -0.05) is 6.07 Å². The lowest BCUT2D eigenvalue weighted by Crippen LogP contribution is -2.25. The van der Waals surface area contributed by atoms with E-state index < -0.39 is 17.7 Å². The van der Waals surface area contributed by atoms with Gasteiger partial charge in [-0.05, 0) is 31.0 Å². The summed E-state index contributed by atoms with van der Waals surface area (Å²) in [6, 6.07) is 5.61. The maximum Gasteiger partial charge on any atom is 0.316 e. The van der Waals surface area contributed by atoms with Crippen molar-refractivity contribution in [2.75, 3.05) is 7.11 Å². The second-order valence-corrected chi connectivity index (χ2v) is 3.82. The van der Waals surface area contributed by atoms with Crippen LogP contribution in [0.1, 0.15) is 18.1 Å². The van der Waals surface area contributed by atoms with E-state index in [0.717, 1.165) is 6.07 Å². The van der Waals surface area contributed by atoms with Crippen LogP contribution in [0, 0.1) is 23.1 Å². The highest BCUT2D eigenvalue weighted by Gasteiger charge is 2.24. The van der Waals surface area contributed by atoms with E-state index >= 15 is 0 Å². The Morgan fingerprint density at radius 2 is 2.17 bits per heavy atom. The van der Waals surface area contributed by atoms with Crippen molar-refractivity contribution in [3.63, 3.8) is 0 Å². The first-order valence-electron chi connectivity index (χ1n) is 5.26. The molecular weight excluding hydrogens is 237 g/mol. The van der Waals surface area contributed by atoms with E-state index in [4.69, 9.17) is 5.26 Å². The number of hydrogen-bond donors (Lipinski definition) is 0. The molecule has 0 amide bonds. The van der Waals surface area contributed by atoms with Gasteiger partial charge in [-0.15, -0.1) is 0 Å². The quantitative estimate of drug-likeness (QED) is 0.600. The summed E-state index contributed by atoms with van der Waals surface area (Å²) in [6.45, 7) is 1.29. The van der Waals surface area contributed by atoms with Gasteiger partial charge < -0.3 is 4.74 Å². The van der Waals surface area contributed by atoms with Gasteiger partial charge in [-0.25, -0.2) is 4.39 Å². The third-order valence-electron chi connectivity index (χ3n) is 2.57. The van der Waals surface area contributed by atoms with Crippen LogP contribution in [0.15, 0.2) is 18.2 Å². The van der Waals surface area contributed by atoms with E-state index in [1.165, 1.54) is 26.2 Å². The van der Waals surface area contributed by atoms with E-state index in [0.29, 0.717) is 5.56 Å². The van der Waals surface area contributed by atoms with Gasteiger partial charge in [0.05, 0.1) is 12.7 Å². The van der Waals surface area contributed by atoms with E-state index in [9.17, 15) is 14.0 Å². The largest absolute Gasteiger partial charge is 0.468 e. The van der Waals surface area contributed by atoms with Crippen molar-refractivity contribution in [3.8, 4) is 6.07 Å². The smallest absolute Gasteiger partial charge is 0.316 e. The molecule has 0 saturated carbocycles. The Bertz CT molecular complexity index is 519. The van der Waals surface area contributed by atoms with Crippen LogP contribution in [0.4, 0.5) is 4.39 Å². The average Bonchev–Trinajstić information content (AvgIpc) is 2.36. The van der Waals surface area contributed by atoms with Crippen molar-refractivity contribution >= 4 is 11.8 Å². The van der Waals surface area contributed by atoms with Crippen molar-refractivity contribution in [1.29, 1.82) is 5.26 Å². The minimum Gasteiger partial charge on any atom is -0.468 e. The Hall–Kier alpha value is -2.22. The van der Waals surface area contributed by atoms with Gasteiger partial charge in [0.1, 0.15) is 23.6 Å². The van der Waals surface area contributed by atoms with Crippen LogP contribution in [0.3, 0.4) is 0 Å². The molecule has 4 nitrogen and oxygen atoms in total. The van der Waals surface area contributed by atoms with Crippen molar-refractivity contribution in [2.24, 2.45) is 5.92 Å². The summed E-state index contributed by atoms with van der Waals surface area (Å²) in [5, 5.41) is 8.69. The van der Waals surface area contributed by atoms with Crippen molar-refractivity contribution in [3.05, 3.63) is 35.1 Å². The first-order chi connectivity index (χ1) is 8.49. The standard InChI is InChI=1S/C13H12FNO3/c1-8(16)11(13(17)18-2)6-9-3-4-12(14)10(5-9)7-15/h3-5,11H,6H2,1-2H3. The molecule has 1 unspecified atom stereocenters. The molecule has 0 aromatic heterocycles. The zero-order valence-corrected chi connectivity index (χ0v) is 10.1. The van der Waals surface area contributed by atoms with Crippen LogP contribution in [0.5, 0.6) is 0 Å². The number of benzene rings is 1. The molecule has 1 aromatic rings. The highest BCUT2D eigenvalue weighted by molar-refractivity contribution is 5.97. The van der Waals surface area contributed by atoms with Gasteiger partial charge in [0.15, 0.2) is 0 Å². The summed E-state index contributed by atoms with van der Waals surface area (Å²) in [4.78, 5) is 22.7. The number of nitrogens with zero attached hydrogens (tertiary/aromatic N) is 1. The molecule has 0 heterocycles. The minimum atomic E-state index is -0.924. The molecule has 0 saturated heterocycles. The predicted octanol–water partition coefficient (Wildman–Crippen LogP) is 1.62. The predicted molar refractivity (Wildman–Crippen MR) is 61.0 cm³/mol. The average molecular weight is 249 g/mol. The van der Waals surface area contributed by atoms with Gasteiger partial charge in [0.2, 0.25) is 0 Å². The molecule has 18 heavy (non-hydrogen) atoms. The summed E-state index contributed by atoms with van der Waals surface area (Å²) in [6.07, 6.45) is 0.0942. The number of ether oxygens (including phenoxy) is 1. The fourth-order valence-corrected chi connectivity index (χ4v) is 1.56. The van der Waals surface area contributed by atoms with Crippen molar-refractivity contribution < 1.29 is 18.7 Å². The maximum atomic E-state index is 13.1. The van der Waals surface area contributed by atoms with Gasteiger partial charge in [-0.3, -0.25) is 9.59 Å². The van der Waals surface area contributed by atoms with Crippen LogP contribution in [0.25, 0.3) is 0 Å². The molecule has 0 bridgehead atoms. The van der Waals surface area contributed by atoms with Crippen LogP contribution < -0.4 is 0 Å². The molecule has 1 rings (SSSR count). The number of esters is 1. The molecule has 0 N–H and O–H groups in total. The van der Waals surface area contributed by atoms with Gasteiger partial charge in [0, 0.05) is 0 Å². The maximum absolute atomic E-state index is 13.1. The number of rotatable bonds is 4. The van der Waals surface area contributed by atoms with Gasteiger partial charge in [-0.2, -0.15) is 5.26 Å². The molecule has 0 aliphatic heterocycles. The lowest BCUT2D eigenvalue weighted by atomic mass is 9.95. The first kappa shape index (κ1) is 13.8. The molecule has 1 atom stereocenters. The summed E-state index contributed by atoms with van der Waals surface area (Å²) >= 11 is 0. The van der Waals surface area contributed by atoms with Crippen LogP contribution in [0.2, 0.25) is 0 Å². The molecule has 0 aliphatic carbocycles. The van der Waals surface area contributed by atoms with Crippen molar-refractivity contribution in [2.45, 2.75) is 13.3 Å². The number of carbonyl (C=O) groups is 2. The third-order valence-corrected chi connectivity index (χ3v) is 2.57. The van der Waals surface area contributed by atoms with Crippen LogP contribution >= 0.6 is 0 Å². The lowest BCUT2D eigenvalue weighted by molar-refractivity contribution is -0.148. The molecule has 0 fully saturated rings. The first-order valence-corrected chi connectivity index (χ1v) is 5.26. The van der Waals surface area contributed by atoms with E-state index in [-0.39, 0.29) is 17.8 Å². The number of Topliss-reactive ketones (excluding diaryl/α,β-unsaturated/α-hetero) is 1. The molecule has 1 aromatic carbocycles. The summed E-state index contributed by atoms with van der Waals surface area (Å²) in [5.41, 5.74) is 0.429. The zero-order valence-electron chi connectivity index (χ0n) is 10.1. The number of halogens is 1. The molecule has 0 radical (unpaired) electrons. The van der Waals surface area contributed by atoms with Crippen LogP contribution in [-0.4, -0.2) is 18.9 Å². The van der Waals surface area contributed by atoms with E-state index in [2.05, 4.69) is 4.74 Å². The van der Waals surface area contributed by atoms with E-state index in [1.54, 1.807) is 6.07 Å². The molecule has 0 aliphatic rings. The Balaban J connectivity index is 2.98. The summed E-state index contributed by atoms with van der Waals surface area (Å²) in [7, 11) is 1.20. The zero-order chi connectivity index (χ0) is 13.7.